The van der Waals surface area contributed by atoms with Crippen LogP contribution in [-0.2, 0) is 11.8 Å². The molecule has 0 aliphatic heterocycles. The summed E-state index contributed by atoms with van der Waals surface area (Å²) in [6.07, 6.45) is 4.32. The lowest BCUT2D eigenvalue weighted by Gasteiger charge is -2.30. The molecule has 0 atom stereocenters. The zero-order chi connectivity index (χ0) is 17.0. The maximum Gasteiger partial charge on any atom is 0.0468 e. The quantitative estimate of drug-likeness (QED) is 0.520. The second-order valence-electron chi connectivity index (χ2n) is 6.67. The Hall–Kier alpha value is -2.15. The van der Waals surface area contributed by atoms with Gasteiger partial charge in [0.05, 0.1) is 0 Å². The second-order valence-corrected chi connectivity index (χ2v) is 6.67. The van der Waals surface area contributed by atoms with Crippen molar-refractivity contribution in [3.8, 4) is 0 Å². The van der Waals surface area contributed by atoms with Crippen LogP contribution in [0.5, 0.6) is 0 Å². The van der Waals surface area contributed by atoms with Gasteiger partial charge in [0.1, 0.15) is 0 Å². The van der Waals surface area contributed by atoms with E-state index in [9.17, 15) is 0 Å². The molecule has 0 saturated heterocycles. The first kappa shape index (κ1) is 16.7. The maximum atomic E-state index is 5.06. The standard InChI is InChI=1S/C23H27N/c1-4-23(5-2,6-3)22-16-10-14-20(24-22)17-19-13-9-12-18-11-7-8-15-21(18)19/h7-16H,4-6,17H2,1-3H3. The average molecular weight is 317 g/mol. The Morgan fingerprint density at radius 2 is 1.42 bits per heavy atom. The fraction of sp³-hybridized carbons (Fsp3) is 0.348. The highest BCUT2D eigenvalue weighted by Crippen LogP contribution is 2.34. The number of hydrogen-bond donors (Lipinski definition) is 0. The zero-order valence-electron chi connectivity index (χ0n) is 15.0. The summed E-state index contributed by atoms with van der Waals surface area (Å²) in [6, 6.07) is 21.7. The Bertz CT molecular complexity index is 801. The lowest BCUT2D eigenvalue weighted by atomic mass is 9.76. The highest BCUT2D eigenvalue weighted by Gasteiger charge is 2.27. The zero-order valence-corrected chi connectivity index (χ0v) is 15.0. The van der Waals surface area contributed by atoms with Gasteiger partial charge in [-0.25, -0.2) is 0 Å². The molecule has 3 rings (SSSR count). The molecule has 1 aromatic heterocycles. The van der Waals surface area contributed by atoms with Gasteiger partial charge in [-0.3, -0.25) is 4.98 Å². The molecule has 0 spiro atoms. The van der Waals surface area contributed by atoms with E-state index in [2.05, 4.69) is 81.4 Å². The molecule has 1 heteroatoms. The fourth-order valence-corrected chi connectivity index (χ4v) is 3.81. The molecule has 124 valence electrons. The third-order valence-electron chi connectivity index (χ3n) is 5.63. The second kappa shape index (κ2) is 7.17. The molecule has 24 heavy (non-hydrogen) atoms. The third-order valence-corrected chi connectivity index (χ3v) is 5.63. The minimum absolute atomic E-state index is 0.217. The molecule has 0 fully saturated rings. The van der Waals surface area contributed by atoms with E-state index in [0.717, 1.165) is 25.7 Å². The Balaban J connectivity index is 1.98. The van der Waals surface area contributed by atoms with Crippen molar-refractivity contribution in [3.63, 3.8) is 0 Å². The van der Waals surface area contributed by atoms with Crippen LogP contribution in [0, 0.1) is 0 Å². The number of benzene rings is 2. The van der Waals surface area contributed by atoms with Gasteiger partial charge >= 0.3 is 0 Å². The van der Waals surface area contributed by atoms with E-state index < -0.39 is 0 Å². The van der Waals surface area contributed by atoms with Crippen molar-refractivity contribution in [3.05, 3.63) is 77.6 Å². The van der Waals surface area contributed by atoms with E-state index in [1.807, 2.05) is 0 Å². The van der Waals surface area contributed by atoms with Crippen molar-refractivity contribution in [1.82, 2.24) is 4.98 Å². The number of nitrogens with zero attached hydrogens (tertiary/aromatic N) is 1. The molecule has 3 aromatic rings. The van der Waals surface area contributed by atoms with Crippen molar-refractivity contribution in [2.75, 3.05) is 0 Å². The molecule has 0 amide bonds. The number of aromatic nitrogens is 1. The van der Waals surface area contributed by atoms with Crippen molar-refractivity contribution < 1.29 is 0 Å². The van der Waals surface area contributed by atoms with Crippen LogP contribution in [0.3, 0.4) is 0 Å². The Morgan fingerprint density at radius 1 is 0.750 bits per heavy atom. The van der Waals surface area contributed by atoms with Gasteiger partial charge in [-0.1, -0.05) is 69.3 Å². The Kier molecular flexibility index (Phi) is 4.99. The normalized spacial score (nSPS) is 11.8. The van der Waals surface area contributed by atoms with Crippen LogP contribution in [0.4, 0.5) is 0 Å². The molecular weight excluding hydrogens is 290 g/mol. The number of fused-ring (bicyclic) bond motifs is 1. The lowest BCUT2D eigenvalue weighted by molar-refractivity contribution is 0.370. The molecule has 2 aromatic carbocycles. The molecular formula is C23H27N. The first-order valence-corrected chi connectivity index (χ1v) is 9.15. The van der Waals surface area contributed by atoms with Crippen LogP contribution < -0.4 is 0 Å². The van der Waals surface area contributed by atoms with E-state index in [1.54, 1.807) is 0 Å². The van der Waals surface area contributed by atoms with Crippen LogP contribution >= 0.6 is 0 Å². The van der Waals surface area contributed by atoms with Gasteiger partial charge in [0.25, 0.3) is 0 Å². The summed E-state index contributed by atoms with van der Waals surface area (Å²) in [5.41, 5.74) is 4.00. The first-order valence-electron chi connectivity index (χ1n) is 9.15. The molecule has 0 aliphatic rings. The predicted octanol–water partition coefficient (Wildman–Crippen LogP) is 6.29. The van der Waals surface area contributed by atoms with Gasteiger partial charge in [0.15, 0.2) is 0 Å². The SMILES string of the molecule is CCC(CC)(CC)c1cccc(Cc2cccc3ccccc23)n1. The van der Waals surface area contributed by atoms with Gasteiger partial charge in [-0.05, 0) is 47.7 Å². The largest absolute Gasteiger partial charge is 0.257 e. The van der Waals surface area contributed by atoms with Gasteiger partial charge in [-0.15, -0.1) is 0 Å². The first-order chi connectivity index (χ1) is 11.7. The smallest absolute Gasteiger partial charge is 0.0468 e. The maximum absolute atomic E-state index is 5.06. The molecule has 0 bridgehead atoms. The van der Waals surface area contributed by atoms with Gasteiger partial charge in [-0.2, -0.15) is 0 Å². The van der Waals surface area contributed by atoms with E-state index in [-0.39, 0.29) is 5.41 Å². The van der Waals surface area contributed by atoms with Crippen LogP contribution in [-0.4, -0.2) is 4.98 Å². The molecule has 0 unspecified atom stereocenters. The number of rotatable bonds is 6. The summed E-state index contributed by atoms with van der Waals surface area (Å²) >= 11 is 0. The summed E-state index contributed by atoms with van der Waals surface area (Å²) in [6.45, 7) is 6.85. The summed E-state index contributed by atoms with van der Waals surface area (Å²) in [4.78, 5) is 5.06. The average Bonchev–Trinajstić information content (AvgIpc) is 2.64. The number of hydrogen-bond acceptors (Lipinski definition) is 1. The topological polar surface area (TPSA) is 12.9 Å². The van der Waals surface area contributed by atoms with Gasteiger partial charge in [0, 0.05) is 23.2 Å². The number of pyridine rings is 1. The van der Waals surface area contributed by atoms with Crippen LogP contribution in [0.2, 0.25) is 0 Å². The van der Waals surface area contributed by atoms with Gasteiger partial charge < -0.3 is 0 Å². The van der Waals surface area contributed by atoms with E-state index in [1.165, 1.54) is 27.7 Å². The fourth-order valence-electron chi connectivity index (χ4n) is 3.81. The summed E-state index contributed by atoms with van der Waals surface area (Å²) in [5.74, 6) is 0. The molecule has 0 radical (unpaired) electrons. The molecule has 0 saturated carbocycles. The Labute approximate surface area is 145 Å². The monoisotopic (exact) mass is 317 g/mol. The van der Waals surface area contributed by atoms with E-state index >= 15 is 0 Å². The molecule has 1 heterocycles. The Morgan fingerprint density at radius 3 is 2.17 bits per heavy atom. The van der Waals surface area contributed by atoms with Crippen molar-refractivity contribution in [1.29, 1.82) is 0 Å². The van der Waals surface area contributed by atoms with Crippen molar-refractivity contribution in [2.45, 2.75) is 51.9 Å². The van der Waals surface area contributed by atoms with E-state index in [4.69, 9.17) is 4.98 Å². The third kappa shape index (κ3) is 3.08. The summed E-state index contributed by atoms with van der Waals surface area (Å²) < 4.78 is 0. The van der Waals surface area contributed by atoms with Crippen molar-refractivity contribution in [2.24, 2.45) is 0 Å². The lowest BCUT2D eigenvalue weighted by Crippen LogP contribution is -2.25. The highest BCUT2D eigenvalue weighted by atomic mass is 14.7. The van der Waals surface area contributed by atoms with Crippen LogP contribution in [0.25, 0.3) is 10.8 Å². The molecule has 0 N–H and O–H groups in total. The van der Waals surface area contributed by atoms with Gasteiger partial charge in [0.2, 0.25) is 0 Å². The summed E-state index contributed by atoms with van der Waals surface area (Å²) in [7, 11) is 0. The van der Waals surface area contributed by atoms with Crippen molar-refractivity contribution >= 4 is 10.8 Å². The highest BCUT2D eigenvalue weighted by molar-refractivity contribution is 5.85. The summed E-state index contributed by atoms with van der Waals surface area (Å²) in [5, 5.41) is 2.64. The van der Waals surface area contributed by atoms with Crippen LogP contribution in [0.15, 0.2) is 60.7 Å². The van der Waals surface area contributed by atoms with Crippen LogP contribution in [0.1, 0.15) is 57.0 Å². The molecule has 0 aliphatic carbocycles. The minimum Gasteiger partial charge on any atom is -0.257 e. The predicted molar refractivity (Wildman–Crippen MR) is 104 cm³/mol. The van der Waals surface area contributed by atoms with E-state index in [0.29, 0.717) is 0 Å². The minimum atomic E-state index is 0.217. The molecule has 1 nitrogen and oxygen atoms in total.